The molecule has 25 heavy (non-hydrogen) atoms. The van der Waals surface area contributed by atoms with Crippen molar-refractivity contribution in [2.45, 2.75) is 62.9 Å². The molecule has 0 saturated heterocycles. The number of aryl methyl sites for hydroxylation is 1. The molecule has 3 rings (SSSR count). The second kappa shape index (κ2) is 8.52. The first-order chi connectivity index (χ1) is 12.1. The van der Waals surface area contributed by atoms with E-state index < -0.39 is 0 Å². The Kier molecular flexibility index (Phi) is 6.13. The van der Waals surface area contributed by atoms with E-state index in [1.54, 1.807) is 0 Å². The molecule has 1 aliphatic carbocycles. The Morgan fingerprint density at radius 2 is 2.04 bits per heavy atom. The van der Waals surface area contributed by atoms with Crippen LogP contribution in [-0.2, 0) is 17.8 Å². The smallest absolute Gasteiger partial charge is 0.233 e. The molecular weight excluding hydrogens is 332 g/mol. The summed E-state index contributed by atoms with van der Waals surface area (Å²) in [6, 6.07) is 8.19. The quantitative estimate of drug-likeness (QED) is 0.741. The van der Waals surface area contributed by atoms with E-state index in [9.17, 15) is 4.79 Å². The lowest BCUT2D eigenvalue weighted by Gasteiger charge is -2.10. The third kappa shape index (κ3) is 5.33. The monoisotopic (exact) mass is 358 g/mol. The normalized spacial score (nSPS) is 16.1. The molecule has 1 fully saturated rings. The average Bonchev–Trinajstić information content (AvgIpc) is 3.26. The van der Waals surface area contributed by atoms with E-state index in [4.69, 9.17) is 0 Å². The van der Waals surface area contributed by atoms with Crippen LogP contribution in [0.25, 0.3) is 0 Å². The lowest BCUT2D eigenvalue weighted by molar-refractivity contribution is -0.120. The third-order valence-corrected chi connectivity index (χ3v) is 5.67. The van der Waals surface area contributed by atoms with Gasteiger partial charge < -0.3 is 5.32 Å². The van der Waals surface area contributed by atoms with Crippen LogP contribution in [-0.4, -0.2) is 26.3 Å². The van der Waals surface area contributed by atoms with Gasteiger partial charge >= 0.3 is 0 Å². The number of benzene rings is 1. The van der Waals surface area contributed by atoms with Gasteiger partial charge in [0.1, 0.15) is 5.82 Å². The van der Waals surface area contributed by atoms with Gasteiger partial charge in [0.15, 0.2) is 0 Å². The Labute approximate surface area is 153 Å². The van der Waals surface area contributed by atoms with Crippen LogP contribution in [0, 0.1) is 12.8 Å². The van der Waals surface area contributed by atoms with Crippen molar-refractivity contribution in [3.05, 3.63) is 41.2 Å². The van der Waals surface area contributed by atoms with Gasteiger partial charge in [-0.25, -0.2) is 4.98 Å². The molecule has 1 atom stereocenters. The van der Waals surface area contributed by atoms with Crippen molar-refractivity contribution in [3.8, 4) is 0 Å². The Balaban J connectivity index is 1.46. The molecule has 2 N–H and O–H groups in total. The Hall–Kier alpha value is -1.82. The van der Waals surface area contributed by atoms with Gasteiger partial charge in [-0.1, -0.05) is 67.3 Å². The molecule has 6 heteroatoms. The molecule has 1 heterocycles. The number of H-pyrrole nitrogens is 1. The van der Waals surface area contributed by atoms with Crippen molar-refractivity contribution in [1.82, 2.24) is 20.5 Å². The highest BCUT2D eigenvalue weighted by atomic mass is 32.2. The van der Waals surface area contributed by atoms with Crippen LogP contribution >= 0.6 is 11.8 Å². The van der Waals surface area contributed by atoms with Crippen LogP contribution in [0.1, 0.15) is 49.6 Å². The Morgan fingerprint density at radius 1 is 1.32 bits per heavy atom. The summed E-state index contributed by atoms with van der Waals surface area (Å²) in [5.74, 6) is 1.69. The van der Waals surface area contributed by atoms with Crippen LogP contribution in [0.5, 0.6) is 0 Å². The largest absolute Gasteiger partial charge is 0.351 e. The fraction of sp³-hybridized carbons (Fsp3) is 0.526. The topological polar surface area (TPSA) is 70.7 Å². The van der Waals surface area contributed by atoms with Crippen LogP contribution in [0.2, 0.25) is 0 Å². The molecule has 1 saturated carbocycles. The van der Waals surface area contributed by atoms with Gasteiger partial charge in [0.2, 0.25) is 11.1 Å². The minimum Gasteiger partial charge on any atom is -0.351 e. The molecule has 2 aromatic rings. The second-order valence-corrected chi connectivity index (χ2v) is 8.19. The fourth-order valence-electron chi connectivity index (χ4n) is 3.16. The number of aromatic nitrogens is 3. The molecule has 1 aromatic carbocycles. The summed E-state index contributed by atoms with van der Waals surface area (Å²) in [4.78, 5) is 16.8. The maximum Gasteiger partial charge on any atom is 0.233 e. The minimum atomic E-state index is -0.222. The maximum atomic E-state index is 12.3. The van der Waals surface area contributed by atoms with Gasteiger partial charge in [-0.2, -0.15) is 0 Å². The van der Waals surface area contributed by atoms with Crippen molar-refractivity contribution in [2.24, 2.45) is 5.92 Å². The standard InChI is InChI=1S/C19H26N4OS/c1-13-7-9-16(10-8-13)12-20-18(24)14(2)25-19-21-17(22-23-19)11-15-5-3-4-6-15/h7-10,14-15H,3-6,11-12H2,1-2H3,(H,20,24)(H,21,22,23). The predicted molar refractivity (Wildman–Crippen MR) is 100 cm³/mol. The van der Waals surface area contributed by atoms with Crippen molar-refractivity contribution in [2.75, 3.05) is 0 Å². The van der Waals surface area contributed by atoms with Gasteiger partial charge in [-0.3, -0.25) is 9.89 Å². The third-order valence-electron chi connectivity index (χ3n) is 4.71. The van der Waals surface area contributed by atoms with Gasteiger partial charge in [-0.05, 0) is 25.3 Å². The zero-order valence-corrected chi connectivity index (χ0v) is 15.7. The molecule has 1 amide bonds. The van der Waals surface area contributed by atoms with Crippen molar-refractivity contribution in [1.29, 1.82) is 0 Å². The number of hydrogen-bond donors (Lipinski definition) is 2. The summed E-state index contributed by atoms with van der Waals surface area (Å²) in [6.07, 6.45) is 6.22. The van der Waals surface area contributed by atoms with E-state index in [1.165, 1.54) is 43.0 Å². The summed E-state index contributed by atoms with van der Waals surface area (Å²) >= 11 is 1.40. The highest BCUT2D eigenvalue weighted by Crippen LogP contribution is 2.27. The summed E-state index contributed by atoms with van der Waals surface area (Å²) < 4.78 is 0. The average molecular weight is 359 g/mol. The number of nitrogens with one attached hydrogen (secondary N) is 2. The van der Waals surface area contributed by atoms with E-state index in [0.717, 1.165) is 23.7 Å². The van der Waals surface area contributed by atoms with Gasteiger partial charge in [0.25, 0.3) is 0 Å². The number of nitrogens with zero attached hydrogens (tertiary/aromatic N) is 2. The molecule has 1 aromatic heterocycles. The first-order valence-corrected chi connectivity index (χ1v) is 9.89. The lowest BCUT2D eigenvalue weighted by Crippen LogP contribution is -2.30. The van der Waals surface area contributed by atoms with Crippen LogP contribution in [0.15, 0.2) is 29.4 Å². The number of carbonyl (C=O) groups excluding carboxylic acids is 1. The Morgan fingerprint density at radius 3 is 2.76 bits per heavy atom. The highest BCUT2D eigenvalue weighted by molar-refractivity contribution is 8.00. The van der Waals surface area contributed by atoms with Crippen molar-refractivity contribution < 1.29 is 4.79 Å². The SMILES string of the molecule is Cc1ccc(CNC(=O)C(C)Sc2n[nH]c(CC3CCCC3)n2)cc1. The van der Waals surface area contributed by atoms with Crippen molar-refractivity contribution >= 4 is 17.7 Å². The highest BCUT2D eigenvalue weighted by Gasteiger charge is 2.19. The van der Waals surface area contributed by atoms with E-state index >= 15 is 0 Å². The molecule has 0 radical (unpaired) electrons. The molecule has 0 bridgehead atoms. The van der Waals surface area contributed by atoms with Gasteiger partial charge in [-0.15, -0.1) is 5.10 Å². The van der Waals surface area contributed by atoms with E-state index in [0.29, 0.717) is 11.7 Å². The van der Waals surface area contributed by atoms with Crippen LogP contribution in [0.4, 0.5) is 0 Å². The molecular formula is C19H26N4OS. The Bertz CT molecular complexity index is 692. The lowest BCUT2D eigenvalue weighted by atomic mass is 10.0. The second-order valence-electron chi connectivity index (χ2n) is 6.88. The first-order valence-electron chi connectivity index (χ1n) is 9.01. The molecule has 1 unspecified atom stereocenters. The first kappa shape index (κ1) is 18.0. The summed E-state index contributed by atoms with van der Waals surface area (Å²) in [5.41, 5.74) is 2.32. The van der Waals surface area contributed by atoms with E-state index in [1.807, 2.05) is 19.1 Å². The van der Waals surface area contributed by atoms with E-state index in [-0.39, 0.29) is 11.2 Å². The number of carbonyl (C=O) groups is 1. The fourth-order valence-corrected chi connectivity index (χ4v) is 3.93. The number of aromatic amines is 1. The summed E-state index contributed by atoms with van der Waals surface area (Å²) in [6.45, 7) is 4.49. The van der Waals surface area contributed by atoms with Crippen LogP contribution < -0.4 is 5.32 Å². The molecule has 134 valence electrons. The number of hydrogen-bond acceptors (Lipinski definition) is 4. The minimum absolute atomic E-state index is 0.00715. The predicted octanol–water partition coefficient (Wildman–Crippen LogP) is 3.64. The molecule has 5 nitrogen and oxygen atoms in total. The maximum absolute atomic E-state index is 12.3. The zero-order valence-electron chi connectivity index (χ0n) is 14.9. The van der Waals surface area contributed by atoms with Crippen molar-refractivity contribution in [3.63, 3.8) is 0 Å². The van der Waals surface area contributed by atoms with Gasteiger partial charge in [0.05, 0.1) is 5.25 Å². The molecule has 0 spiro atoms. The van der Waals surface area contributed by atoms with E-state index in [2.05, 4.69) is 39.6 Å². The van der Waals surface area contributed by atoms with Gasteiger partial charge in [0, 0.05) is 13.0 Å². The molecule has 0 aliphatic heterocycles. The number of thioether (sulfide) groups is 1. The number of rotatable bonds is 7. The summed E-state index contributed by atoms with van der Waals surface area (Å²) in [7, 11) is 0. The zero-order chi connectivity index (χ0) is 17.6. The number of amides is 1. The summed E-state index contributed by atoms with van der Waals surface area (Å²) in [5, 5.41) is 10.7. The molecule has 1 aliphatic rings. The van der Waals surface area contributed by atoms with Crippen LogP contribution in [0.3, 0.4) is 0 Å².